The highest BCUT2D eigenvalue weighted by atomic mass is 19.1. The van der Waals surface area contributed by atoms with Crippen molar-refractivity contribution in [2.45, 2.75) is 33.9 Å². The van der Waals surface area contributed by atoms with Gasteiger partial charge in [-0.1, -0.05) is 44.2 Å². The van der Waals surface area contributed by atoms with Crippen LogP contribution in [0, 0.1) is 12.7 Å². The predicted octanol–water partition coefficient (Wildman–Crippen LogP) is 4.55. The molecule has 0 saturated carbocycles. The second-order valence-corrected chi connectivity index (χ2v) is 5.50. The average molecular weight is 301 g/mol. The Bertz CT molecular complexity index is 608. The first-order valence-electron chi connectivity index (χ1n) is 7.81. The van der Waals surface area contributed by atoms with Crippen molar-refractivity contribution in [3.8, 4) is 5.75 Å². The van der Waals surface area contributed by atoms with Crippen LogP contribution in [0.5, 0.6) is 5.75 Å². The van der Waals surface area contributed by atoms with E-state index >= 15 is 0 Å². The minimum atomic E-state index is -0.306. The van der Waals surface area contributed by atoms with Crippen LogP contribution in [0.25, 0.3) is 0 Å². The molecular formula is C19H24FNO. The minimum absolute atomic E-state index is 0.305. The molecule has 3 heteroatoms. The summed E-state index contributed by atoms with van der Waals surface area (Å²) in [7, 11) is 0. The van der Waals surface area contributed by atoms with Gasteiger partial charge in [-0.15, -0.1) is 0 Å². The highest BCUT2D eigenvalue weighted by molar-refractivity contribution is 5.29. The quantitative estimate of drug-likeness (QED) is 0.743. The van der Waals surface area contributed by atoms with E-state index in [4.69, 9.17) is 4.74 Å². The van der Waals surface area contributed by atoms with Gasteiger partial charge in [0.2, 0.25) is 0 Å². The largest absolute Gasteiger partial charge is 0.486 e. The molecule has 0 aliphatic heterocycles. The van der Waals surface area contributed by atoms with Crippen molar-refractivity contribution in [3.63, 3.8) is 0 Å². The molecule has 0 atom stereocenters. The molecule has 0 radical (unpaired) electrons. The number of aryl methyl sites for hydroxylation is 1. The van der Waals surface area contributed by atoms with Gasteiger partial charge in [-0.25, -0.2) is 4.39 Å². The predicted molar refractivity (Wildman–Crippen MR) is 88.5 cm³/mol. The van der Waals surface area contributed by atoms with E-state index in [-0.39, 0.29) is 5.82 Å². The summed E-state index contributed by atoms with van der Waals surface area (Å²) in [6.07, 6.45) is 0. The number of rotatable bonds is 7. The fourth-order valence-electron chi connectivity index (χ4n) is 2.41. The van der Waals surface area contributed by atoms with Gasteiger partial charge in [0.25, 0.3) is 0 Å². The van der Waals surface area contributed by atoms with Gasteiger partial charge in [-0.2, -0.15) is 0 Å². The molecule has 0 aliphatic carbocycles. The van der Waals surface area contributed by atoms with Gasteiger partial charge in [0.05, 0.1) is 0 Å². The Balaban J connectivity index is 2.01. The minimum Gasteiger partial charge on any atom is -0.486 e. The van der Waals surface area contributed by atoms with Crippen molar-refractivity contribution in [2.75, 3.05) is 13.1 Å². The first-order chi connectivity index (χ1) is 10.6. The summed E-state index contributed by atoms with van der Waals surface area (Å²) < 4.78 is 19.4. The van der Waals surface area contributed by atoms with E-state index in [2.05, 4.69) is 30.9 Å². The summed E-state index contributed by atoms with van der Waals surface area (Å²) in [4.78, 5) is 2.36. The maximum Gasteiger partial charge on any atom is 0.165 e. The molecule has 0 unspecified atom stereocenters. The van der Waals surface area contributed by atoms with Gasteiger partial charge >= 0.3 is 0 Å². The second kappa shape index (κ2) is 7.95. The summed E-state index contributed by atoms with van der Waals surface area (Å²) >= 11 is 0. The Morgan fingerprint density at radius 1 is 1.00 bits per heavy atom. The summed E-state index contributed by atoms with van der Waals surface area (Å²) in [5.74, 6) is -0.000887. The first kappa shape index (κ1) is 16.5. The van der Waals surface area contributed by atoms with Crippen LogP contribution in [0.2, 0.25) is 0 Å². The molecule has 2 aromatic carbocycles. The molecular weight excluding hydrogens is 277 g/mol. The van der Waals surface area contributed by atoms with Crippen molar-refractivity contribution >= 4 is 0 Å². The Morgan fingerprint density at radius 2 is 1.73 bits per heavy atom. The molecule has 0 N–H and O–H groups in total. The van der Waals surface area contributed by atoms with E-state index in [9.17, 15) is 4.39 Å². The van der Waals surface area contributed by atoms with Crippen LogP contribution in [0.15, 0.2) is 42.5 Å². The molecule has 22 heavy (non-hydrogen) atoms. The van der Waals surface area contributed by atoms with Crippen molar-refractivity contribution < 1.29 is 9.13 Å². The number of hydrogen-bond donors (Lipinski definition) is 0. The van der Waals surface area contributed by atoms with Crippen LogP contribution < -0.4 is 4.74 Å². The maximum atomic E-state index is 13.8. The third kappa shape index (κ3) is 4.57. The Hall–Kier alpha value is -1.87. The maximum absolute atomic E-state index is 13.8. The Morgan fingerprint density at radius 3 is 2.41 bits per heavy atom. The number of halogens is 1. The molecule has 118 valence electrons. The fraction of sp³-hybridized carbons (Fsp3) is 0.368. The van der Waals surface area contributed by atoms with Crippen molar-refractivity contribution in [1.29, 1.82) is 0 Å². The molecule has 0 heterocycles. The number of nitrogens with zero attached hydrogens (tertiary/aromatic N) is 1. The van der Waals surface area contributed by atoms with Gasteiger partial charge in [0, 0.05) is 6.54 Å². The summed E-state index contributed by atoms with van der Waals surface area (Å²) in [5, 5.41) is 0. The van der Waals surface area contributed by atoms with Gasteiger partial charge in [-0.3, -0.25) is 4.90 Å². The molecule has 2 rings (SSSR count). The zero-order chi connectivity index (χ0) is 15.9. The smallest absolute Gasteiger partial charge is 0.165 e. The van der Waals surface area contributed by atoms with E-state index in [0.29, 0.717) is 12.4 Å². The SMILES string of the molecule is CCN(CC)Cc1cccc(COc2ccc(C)cc2F)c1. The van der Waals surface area contributed by atoms with E-state index in [1.807, 2.05) is 25.1 Å². The van der Waals surface area contributed by atoms with E-state index in [0.717, 1.165) is 30.8 Å². The van der Waals surface area contributed by atoms with Gasteiger partial charge in [0.1, 0.15) is 6.61 Å². The summed E-state index contributed by atoms with van der Waals surface area (Å²) in [5.41, 5.74) is 3.21. The van der Waals surface area contributed by atoms with Crippen LogP contribution >= 0.6 is 0 Å². The second-order valence-electron chi connectivity index (χ2n) is 5.50. The summed E-state index contributed by atoms with van der Waals surface area (Å²) in [6, 6.07) is 13.3. The lowest BCUT2D eigenvalue weighted by atomic mass is 10.1. The van der Waals surface area contributed by atoms with Crippen LogP contribution in [-0.4, -0.2) is 18.0 Å². The zero-order valence-corrected chi connectivity index (χ0v) is 13.6. The highest BCUT2D eigenvalue weighted by Crippen LogP contribution is 2.19. The standard InChI is InChI=1S/C19H24FNO/c1-4-21(5-2)13-16-7-6-8-17(12-16)14-22-19-10-9-15(3)11-18(19)20/h6-12H,4-5,13-14H2,1-3H3. The van der Waals surface area contributed by atoms with Gasteiger partial charge in [0.15, 0.2) is 11.6 Å². The molecule has 0 saturated heterocycles. The normalized spacial score (nSPS) is 11.0. The lowest BCUT2D eigenvalue weighted by Crippen LogP contribution is -2.22. The van der Waals surface area contributed by atoms with Crippen LogP contribution in [-0.2, 0) is 13.2 Å². The van der Waals surface area contributed by atoms with Crippen molar-refractivity contribution in [2.24, 2.45) is 0 Å². The molecule has 0 aliphatic rings. The molecule has 2 aromatic rings. The lowest BCUT2D eigenvalue weighted by molar-refractivity contribution is 0.287. The molecule has 0 amide bonds. The molecule has 0 aromatic heterocycles. The Labute approximate surface area is 132 Å². The van der Waals surface area contributed by atoms with Crippen LogP contribution in [0.3, 0.4) is 0 Å². The van der Waals surface area contributed by atoms with Gasteiger partial charge < -0.3 is 4.74 Å². The zero-order valence-electron chi connectivity index (χ0n) is 13.6. The Kier molecular flexibility index (Phi) is 5.96. The van der Waals surface area contributed by atoms with E-state index in [1.54, 1.807) is 6.07 Å². The first-order valence-corrected chi connectivity index (χ1v) is 7.81. The third-order valence-corrected chi connectivity index (χ3v) is 3.77. The lowest BCUT2D eigenvalue weighted by Gasteiger charge is -2.18. The topological polar surface area (TPSA) is 12.5 Å². The fourth-order valence-corrected chi connectivity index (χ4v) is 2.41. The van der Waals surface area contributed by atoms with Crippen molar-refractivity contribution in [1.82, 2.24) is 4.90 Å². The van der Waals surface area contributed by atoms with Crippen LogP contribution in [0.1, 0.15) is 30.5 Å². The average Bonchev–Trinajstić information content (AvgIpc) is 2.52. The molecule has 0 bridgehead atoms. The van der Waals surface area contributed by atoms with E-state index in [1.165, 1.54) is 11.6 Å². The third-order valence-electron chi connectivity index (χ3n) is 3.77. The monoisotopic (exact) mass is 301 g/mol. The molecule has 2 nitrogen and oxygen atoms in total. The number of ether oxygens (including phenoxy) is 1. The van der Waals surface area contributed by atoms with Gasteiger partial charge in [-0.05, 0) is 48.8 Å². The highest BCUT2D eigenvalue weighted by Gasteiger charge is 2.05. The van der Waals surface area contributed by atoms with Crippen LogP contribution in [0.4, 0.5) is 4.39 Å². The number of benzene rings is 2. The van der Waals surface area contributed by atoms with E-state index < -0.39 is 0 Å². The molecule has 0 fully saturated rings. The molecule has 0 spiro atoms. The number of hydrogen-bond acceptors (Lipinski definition) is 2. The summed E-state index contributed by atoms with van der Waals surface area (Å²) in [6.45, 7) is 9.57. The van der Waals surface area contributed by atoms with Crippen molar-refractivity contribution in [3.05, 3.63) is 65.0 Å².